The molecule has 0 aliphatic carbocycles. The van der Waals surface area contributed by atoms with Crippen LogP contribution >= 0.6 is 0 Å². The SMILES string of the molecule is CCc1nnc(N2CCN(C[C@@H](C)O)CC2)c(C#N)c1CC. The van der Waals surface area contributed by atoms with Crippen molar-refractivity contribution in [1.29, 1.82) is 5.26 Å². The predicted molar refractivity (Wildman–Crippen MR) is 85.8 cm³/mol. The van der Waals surface area contributed by atoms with E-state index in [2.05, 4.69) is 33.0 Å². The number of rotatable bonds is 5. The fourth-order valence-electron chi connectivity index (χ4n) is 3.02. The molecule has 1 saturated heterocycles. The van der Waals surface area contributed by atoms with Crippen LogP contribution in [0.3, 0.4) is 0 Å². The van der Waals surface area contributed by atoms with E-state index in [9.17, 15) is 10.4 Å². The van der Waals surface area contributed by atoms with E-state index in [1.54, 1.807) is 0 Å². The molecular formula is C16H25N5O. The summed E-state index contributed by atoms with van der Waals surface area (Å²) in [6.45, 7) is 9.96. The second-order valence-electron chi connectivity index (χ2n) is 5.78. The van der Waals surface area contributed by atoms with Crippen LogP contribution in [-0.4, -0.2) is 59.0 Å². The highest BCUT2D eigenvalue weighted by atomic mass is 16.3. The molecule has 0 aromatic carbocycles. The lowest BCUT2D eigenvalue weighted by molar-refractivity contribution is 0.122. The number of aliphatic hydroxyl groups is 1. The average molecular weight is 303 g/mol. The van der Waals surface area contributed by atoms with Crippen molar-refractivity contribution in [3.05, 3.63) is 16.8 Å². The number of hydrogen-bond acceptors (Lipinski definition) is 6. The van der Waals surface area contributed by atoms with Gasteiger partial charge in [-0.25, -0.2) is 0 Å². The third kappa shape index (κ3) is 3.54. The summed E-state index contributed by atoms with van der Waals surface area (Å²) in [6.07, 6.45) is 1.29. The minimum absolute atomic E-state index is 0.309. The quantitative estimate of drug-likeness (QED) is 0.873. The Hall–Kier alpha value is -1.71. The van der Waals surface area contributed by atoms with Gasteiger partial charge >= 0.3 is 0 Å². The van der Waals surface area contributed by atoms with Crippen molar-refractivity contribution in [3.63, 3.8) is 0 Å². The van der Waals surface area contributed by atoms with Crippen molar-refractivity contribution in [2.24, 2.45) is 0 Å². The zero-order chi connectivity index (χ0) is 16.1. The Balaban J connectivity index is 2.19. The molecule has 0 radical (unpaired) electrons. The molecule has 120 valence electrons. The normalized spacial score (nSPS) is 17.3. The third-order valence-electron chi connectivity index (χ3n) is 4.13. The van der Waals surface area contributed by atoms with E-state index >= 15 is 0 Å². The molecule has 6 heteroatoms. The van der Waals surface area contributed by atoms with Gasteiger partial charge in [-0.1, -0.05) is 13.8 Å². The van der Waals surface area contributed by atoms with Gasteiger partial charge in [0, 0.05) is 32.7 Å². The second-order valence-corrected chi connectivity index (χ2v) is 5.78. The third-order valence-corrected chi connectivity index (χ3v) is 4.13. The first-order valence-electron chi connectivity index (χ1n) is 8.04. The number of aryl methyl sites for hydroxylation is 1. The molecule has 0 unspecified atom stereocenters. The van der Waals surface area contributed by atoms with Gasteiger partial charge in [-0.2, -0.15) is 10.4 Å². The highest BCUT2D eigenvalue weighted by Gasteiger charge is 2.23. The van der Waals surface area contributed by atoms with E-state index in [1.807, 2.05) is 13.8 Å². The second kappa shape index (κ2) is 7.52. The molecule has 0 bridgehead atoms. The van der Waals surface area contributed by atoms with Crippen LogP contribution in [0, 0.1) is 11.3 Å². The molecule has 0 amide bonds. The maximum Gasteiger partial charge on any atom is 0.169 e. The summed E-state index contributed by atoms with van der Waals surface area (Å²) in [5, 5.41) is 27.7. The van der Waals surface area contributed by atoms with Gasteiger partial charge in [0.2, 0.25) is 0 Å². The van der Waals surface area contributed by atoms with E-state index in [1.165, 1.54) is 0 Å². The molecular weight excluding hydrogens is 278 g/mol. The van der Waals surface area contributed by atoms with Gasteiger partial charge in [0.25, 0.3) is 0 Å². The monoisotopic (exact) mass is 303 g/mol. The van der Waals surface area contributed by atoms with Crippen molar-refractivity contribution in [1.82, 2.24) is 15.1 Å². The van der Waals surface area contributed by atoms with Crippen LogP contribution in [0.5, 0.6) is 0 Å². The largest absolute Gasteiger partial charge is 0.392 e. The van der Waals surface area contributed by atoms with E-state index in [0.29, 0.717) is 17.9 Å². The summed E-state index contributed by atoms with van der Waals surface area (Å²) in [5.74, 6) is 0.716. The van der Waals surface area contributed by atoms with Crippen LogP contribution in [-0.2, 0) is 12.8 Å². The van der Waals surface area contributed by atoms with Crippen LogP contribution in [0.15, 0.2) is 0 Å². The van der Waals surface area contributed by atoms with Gasteiger partial charge in [0.15, 0.2) is 5.82 Å². The van der Waals surface area contributed by atoms with Gasteiger partial charge in [-0.3, -0.25) is 4.90 Å². The van der Waals surface area contributed by atoms with E-state index in [0.717, 1.165) is 50.3 Å². The number of anilines is 1. The summed E-state index contributed by atoms with van der Waals surface area (Å²) < 4.78 is 0. The first kappa shape index (κ1) is 16.7. The number of piperazine rings is 1. The van der Waals surface area contributed by atoms with Crippen LogP contribution in [0.4, 0.5) is 5.82 Å². The summed E-state index contributed by atoms with van der Waals surface area (Å²) in [4.78, 5) is 4.38. The first-order valence-corrected chi connectivity index (χ1v) is 8.04. The zero-order valence-corrected chi connectivity index (χ0v) is 13.7. The molecule has 6 nitrogen and oxygen atoms in total. The molecule has 1 aromatic heterocycles. The lowest BCUT2D eigenvalue weighted by Gasteiger charge is -2.36. The highest BCUT2D eigenvalue weighted by molar-refractivity contribution is 5.58. The molecule has 2 heterocycles. The molecule has 2 rings (SSSR count). The van der Waals surface area contributed by atoms with E-state index in [-0.39, 0.29) is 6.10 Å². The summed E-state index contributed by atoms with van der Waals surface area (Å²) >= 11 is 0. The van der Waals surface area contributed by atoms with E-state index in [4.69, 9.17) is 0 Å². The molecule has 1 aliphatic heterocycles. The van der Waals surface area contributed by atoms with Gasteiger partial charge < -0.3 is 10.0 Å². The first-order chi connectivity index (χ1) is 10.6. The molecule has 1 atom stereocenters. The fourth-order valence-corrected chi connectivity index (χ4v) is 3.02. The lowest BCUT2D eigenvalue weighted by atomic mass is 10.0. The Morgan fingerprint density at radius 1 is 1.18 bits per heavy atom. The Morgan fingerprint density at radius 2 is 1.86 bits per heavy atom. The average Bonchev–Trinajstić information content (AvgIpc) is 2.53. The molecule has 1 aliphatic rings. The van der Waals surface area contributed by atoms with Crippen molar-refractivity contribution >= 4 is 5.82 Å². The Morgan fingerprint density at radius 3 is 2.36 bits per heavy atom. The zero-order valence-electron chi connectivity index (χ0n) is 13.7. The minimum Gasteiger partial charge on any atom is -0.392 e. The maximum absolute atomic E-state index is 9.56. The smallest absolute Gasteiger partial charge is 0.169 e. The number of aromatic nitrogens is 2. The van der Waals surface area contributed by atoms with Crippen LogP contribution in [0.2, 0.25) is 0 Å². The predicted octanol–water partition coefficient (Wildman–Crippen LogP) is 0.976. The molecule has 0 saturated carbocycles. The van der Waals surface area contributed by atoms with Gasteiger partial charge in [-0.15, -0.1) is 5.10 Å². The molecule has 1 N–H and O–H groups in total. The van der Waals surface area contributed by atoms with E-state index < -0.39 is 0 Å². The summed E-state index contributed by atoms with van der Waals surface area (Å²) in [7, 11) is 0. The van der Waals surface area contributed by atoms with Gasteiger partial charge in [0.05, 0.1) is 11.8 Å². The molecule has 1 fully saturated rings. The number of β-amino-alcohol motifs (C(OH)–C–C–N with tert-alkyl or cyclic N) is 1. The fraction of sp³-hybridized carbons (Fsp3) is 0.688. The summed E-state index contributed by atoms with van der Waals surface area (Å²) in [6, 6.07) is 2.33. The number of aliphatic hydroxyl groups excluding tert-OH is 1. The number of hydrogen-bond donors (Lipinski definition) is 1. The summed E-state index contributed by atoms with van der Waals surface area (Å²) in [5.41, 5.74) is 2.63. The minimum atomic E-state index is -0.309. The molecule has 22 heavy (non-hydrogen) atoms. The van der Waals surface area contributed by atoms with Crippen molar-refractivity contribution < 1.29 is 5.11 Å². The van der Waals surface area contributed by atoms with Gasteiger partial charge in [0.1, 0.15) is 11.6 Å². The molecule has 1 aromatic rings. The topological polar surface area (TPSA) is 76.3 Å². The lowest BCUT2D eigenvalue weighted by Crippen LogP contribution is -2.48. The van der Waals surface area contributed by atoms with Crippen molar-refractivity contribution in [2.75, 3.05) is 37.6 Å². The standard InChI is InChI=1S/C16H25N5O/c1-4-13-14(10-17)16(19-18-15(13)5-2)21-8-6-20(7-9-21)11-12(3)22/h12,22H,4-9,11H2,1-3H3/t12-/m1/s1. The highest BCUT2D eigenvalue weighted by Crippen LogP contribution is 2.24. The van der Waals surface area contributed by atoms with Crippen molar-refractivity contribution in [2.45, 2.75) is 39.7 Å². The van der Waals surface area contributed by atoms with Crippen LogP contribution in [0.25, 0.3) is 0 Å². The number of nitrogens with zero attached hydrogens (tertiary/aromatic N) is 5. The maximum atomic E-state index is 9.56. The van der Waals surface area contributed by atoms with Crippen molar-refractivity contribution in [3.8, 4) is 6.07 Å². The molecule has 0 spiro atoms. The Labute approximate surface area is 132 Å². The van der Waals surface area contributed by atoms with Gasteiger partial charge in [-0.05, 0) is 25.3 Å². The van der Waals surface area contributed by atoms with Crippen LogP contribution in [0.1, 0.15) is 37.6 Å². The van der Waals surface area contributed by atoms with Crippen LogP contribution < -0.4 is 4.90 Å². The Kier molecular flexibility index (Phi) is 5.69. The number of nitriles is 1. The Bertz CT molecular complexity index is 544.